The van der Waals surface area contributed by atoms with E-state index in [1.165, 1.54) is 0 Å². The van der Waals surface area contributed by atoms with Gasteiger partial charge in [0.05, 0.1) is 12.3 Å². The molecule has 80 valence electrons. The van der Waals surface area contributed by atoms with Crippen molar-refractivity contribution in [2.24, 2.45) is 5.73 Å². The van der Waals surface area contributed by atoms with Crippen molar-refractivity contribution in [1.82, 2.24) is 9.38 Å². The molecule has 0 spiro atoms. The van der Waals surface area contributed by atoms with Crippen molar-refractivity contribution < 1.29 is 4.74 Å². The maximum atomic E-state index is 5.65. The van der Waals surface area contributed by atoms with Gasteiger partial charge >= 0.3 is 0 Å². The summed E-state index contributed by atoms with van der Waals surface area (Å²) in [5, 5.41) is 0. The molecule has 0 aliphatic rings. The van der Waals surface area contributed by atoms with Crippen LogP contribution in [0.25, 0.3) is 5.65 Å². The van der Waals surface area contributed by atoms with Gasteiger partial charge in [0.15, 0.2) is 0 Å². The molecule has 4 nitrogen and oxygen atoms in total. The van der Waals surface area contributed by atoms with Crippen molar-refractivity contribution in [1.29, 1.82) is 0 Å². The van der Waals surface area contributed by atoms with Gasteiger partial charge in [0.2, 0.25) is 0 Å². The number of nitrogens with two attached hydrogens (primary N) is 1. The highest BCUT2D eigenvalue weighted by atomic mass is 16.5. The van der Waals surface area contributed by atoms with Crippen LogP contribution in [0, 0.1) is 0 Å². The van der Waals surface area contributed by atoms with Gasteiger partial charge in [0, 0.05) is 32.0 Å². The molecule has 0 unspecified atom stereocenters. The smallest absolute Gasteiger partial charge is 0.137 e. The zero-order chi connectivity index (χ0) is 10.7. The topological polar surface area (TPSA) is 52.5 Å². The average Bonchev–Trinajstić information content (AvgIpc) is 2.68. The summed E-state index contributed by atoms with van der Waals surface area (Å²) in [6.45, 7) is 1.22. The Morgan fingerprint density at radius 1 is 1.47 bits per heavy atom. The summed E-state index contributed by atoms with van der Waals surface area (Å²) >= 11 is 0. The van der Waals surface area contributed by atoms with E-state index in [2.05, 4.69) is 4.98 Å². The van der Waals surface area contributed by atoms with Gasteiger partial charge in [-0.05, 0) is 12.1 Å². The first kappa shape index (κ1) is 10.1. The quantitative estimate of drug-likeness (QED) is 0.809. The van der Waals surface area contributed by atoms with E-state index in [4.69, 9.17) is 10.5 Å². The van der Waals surface area contributed by atoms with Crippen LogP contribution in [0.15, 0.2) is 24.4 Å². The third-order valence-corrected chi connectivity index (χ3v) is 2.40. The lowest BCUT2D eigenvalue weighted by molar-refractivity contribution is 0.201. The Kier molecular flexibility index (Phi) is 2.99. The van der Waals surface area contributed by atoms with Gasteiger partial charge in [-0.25, -0.2) is 4.98 Å². The van der Waals surface area contributed by atoms with E-state index in [0.29, 0.717) is 13.2 Å². The minimum Gasteiger partial charge on any atom is -0.384 e. The summed E-state index contributed by atoms with van der Waals surface area (Å²) < 4.78 is 7.06. The number of fused-ring (bicyclic) bond motifs is 1. The second-order valence-corrected chi connectivity index (χ2v) is 3.42. The van der Waals surface area contributed by atoms with Crippen molar-refractivity contribution in [3.05, 3.63) is 35.8 Å². The predicted octanol–water partition coefficient (Wildman–Crippen LogP) is 0.982. The minimum absolute atomic E-state index is 0.525. The van der Waals surface area contributed by atoms with Gasteiger partial charge in [0.1, 0.15) is 5.65 Å². The fourth-order valence-corrected chi connectivity index (χ4v) is 1.61. The largest absolute Gasteiger partial charge is 0.384 e. The van der Waals surface area contributed by atoms with Gasteiger partial charge in [-0.3, -0.25) is 0 Å². The lowest BCUT2D eigenvalue weighted by atomic mass is 10.3. The summed E-state index contributed by atoms with van der Waals surface area (Å²) in [6.07, 6.45) is 2.86. The lowest BCUT2D eigenvalue weighted by Gasteiger charge is -2.00. The molecule has 4 heteroatoms. The molecule has 2 heterocycles. The Labute approximate surface area is 88.7 Å². The highest BCUT2D eigenvalue weighted by molar-refractivity contribution is 5.41. The molecule has 0 aromatic carbocycles. The summed E-state index contributed by atoms with van der Waals surface area (Å²) in [5.41, 5.74) is 8.71. The van der Waals surface area contributed by atoms with E-state index >= 15 is 0 Å². The van der Waals surface area contributed by atoms with Crippen molar-refractivity contribution in [3.63, 3.8) is 0 Å². The average molecular weight is 205 g/mol. The van der Waals surface area contributed by atoms with Crippen LogP contribution in [-0.2, 0) is 17.7 Å². The van der Waals surface area contributed by atoms with Crippen LogP contribution in [-0.4, -0.2) is 23.1 Å². The van der Waals surface area contributed by atoms with E-state index in [1.807, 2.05) is 28.8 Å². The molecule has 0 radical (unpaired) electrons. The highest BCUT2D eigenvalue weighted by Gasteiger charge is 2.03. The van der Waals surface area contributed by atoms with Crippen LogP contribution < -0.4 is 5.73 Å². The number of pyridine rings is 1. The molecule has 2 aromatic rings. The number of imidazole rings is 1. The van der Waals surface area contributed by atoms with Crippen molar-refractivity contribution in [2.75, 3.05) is 13.7 Å². The summed E-state index contributed by atoms with van der Waals surface area (Å²) in [4.78, 5) is 4.49. The van der Waals surface area contributed by atoms with Crippen LogP contribution >= 0.6 is 0 Å². The van der Waals surface area contributed by atoms with Crippen LogP contribution in [0.5, 0.6) is 0 Å². The Bertz CT molecular complexity index is 450. The molecular formula is C11H15N3O. The zero-order valence-corrected chi connectivity index (χ0v) is 8.81. The molecule has 0 bridgehead atoms. The Hall–Kier alpha value is -1.39. The van der Waals surface area contributed by atoms with Gasteiger partial charge < -0.3 is 14.9 Å². The monoisotopic (exact) mass is 205 g/mol. The van der Waals surface area contributed by atoms with E-state index < -0.39 is 0 Å². The number of hydrogen-bond acceptors (Lipinski definition) is 3. The molecule has 0 aliphatic heterocycles. The molecule has 0 aliphatic carbocycles. The first-order valence-corrected chi connectivity index (χ1v) is 5.00. The number of ether oxygens (including phenoxy) is 1. The highest BCUT2D eigenvalue weighted by Crippen LogP contribution is 2.09. The van der Waals surface area contributed by atoms with Gasteiger partial charge in [-0.1, -0.05) is 6.07 Å². The van der Waals surface area contributed by atoms with Crippen molar-refractivity contribution in [3.8, 4) is 0 Å². The molecule has 0 saturated carbocycles. The van der Waals surface area contributed by atoms with E-state index in [9.17, 15) is 0 Å². The molecule has 2 N–H and O–H groups in total. The van der Waals surface area contributed by atoms with Crippen LogP contribution in [0.4, 0.5) is 0 Å². The van der Waals surface area contributed by atoms with E-state index in [0.717, 1.165) is 23.5 Å². The number of methoxy groups -OCH3 is 1. The van der Waals surface area contributed by atoms with Gasteiger partial charge in [-0.15, -0.1) is 0 Å². The standard InChI is InChI=1S/C11H15N3O/c1-15-6-5-9-8-14-10(7-12)3-2-4-11(14)13-9/h2-4,8H,5-7,12H2,1H3. The second-order valence-electron chi connectivity index (χ2n) is 3.42. The van der Waals surface area contributed by atoms with Gasteiger partial charge in [0.25, 0.3) is 0 Å². The minimum atomic E-state index is 0.525. The number of aromatic nitrogens is 2. The maximum absolute atomic E-state index is 5.65. The lowest BCUT2D eigenvalue weighted by Crippen LogP contribution is -2.02. The molecule has 0 saturated heterocycles. The molecular weight excluding hydrogens is 190 g/mol. The normalized spacial score (nSPS) is 11.1. The Balaban J connectivity index is 2.37. The Morgan fingerprint density at radius 3 is 3.07 bits per heavy atom. The fourth-order valence-electron chi connectivity index (χ4n) is 1.61. The van der Waals surface area contributed by atoms with Crippen LogP contribution in [0.1, 0.15) is 11.4 Å². The van der Waals surface area contributed by atoms with Crippen molar-refractivity contribution >= 4 is 5.65 Å². The van der Waals surface area contributed by atoms with E-state index in [1.54, 1.807) is 7.11 Å². The molecule has 0 atom stereocenters. The van der Waals surface area contributed by atoms with Crippen LogP contribution in [0.3, 0.4) is 0 Å². The maximum Gasteiger partial charge on any atom is 0.137 e. The first-order chi connectivity index (χ1) is 7.35. The van der Waals surface area contributed by atoms with Crippen molar-refractivity contribution in [2.45, 2.75) is 13.0 Å². The first-order valence-electron chi connectivity index (χ1n) is 5.00. The molecule has 0 fully saturated rings. The fraction of sp³-hybridized carbons (Fsp3) is 0.364. The SMILES string of the molecule is COCCc1cn2c(CN)cccc2n1. The Morgan fingerprint density at radius 2 is 2.33 bits per heavy atom. The van der Waals surface area contributed by atoms with Crippen LogP contribution in [0.2, 0.25) is 0 Å². The summed E-state index contributed by atoms with van der Waals surface area (Å²) in [5.74, 6) is 0. The third kappa shape index (κ3) is 2.00. The zero-order valence-electron chi connectivity index (χ0n) is 8.81. The molecule has 15 heavy (non-hydrogen) atoms. The van der Waals surface area contributed by atoms with E-state index in [-0.39, 0.29) is 0 Å². The number of nitrogens with zero attached hydrogens (tertiary/aromatic N) is 2. The third-order valence-electron chi connectivity index (χ3n) is 2.40. The molecule has 2 aromatic heterocycles. The summed E-state index contributed by atoms with van der Waals surface area (Å²) in [6, 6.07) is 5.97. The van der Waals surface area contributed by atoms with Gasteiger partial charge in [-0.2, -0.15) is 0 Å². The second kappa shape index (κ2) is 4.42. The molecule has 2 rings (SSSR count). The predicted molar refractivity (Wildman–Crippen MR) is 58.7 cm³/mol. The summed E-state index contributed by atoms with van der Waals surface area (Å²) in [7, 11) is 1.70. The molecule has 0 amide bonds. The number of hydrogen-bond donors (Lipinski definition) is 1. The number of rotatable bonds is 4.